The summed E-state index contributed by atoms with van der Waals surface area (Å²) in [5.74, 6) is -0.985. The summed E-state index contributed by atoms with van der Waals surface area (Å²) in [7, 11) is 0. The lowest BCUT2D eigenvalue weighted by molar-refractivity contribution is -0.145. The molecule has 4 atom stereocenters. The van der Waals surface area contributed by atoms with E-state index in [1.807, 2.05) is 52.0 Å². The van der Waals surface area contributed by atoms with Crippen LogP contribution in [-0.4, -0.2) is 70.4 Å². The number of amides is 3. The van der Waals surface area contributed by atoms with Gasteiger partial charge in [-0.05, 0) is 29.0 Å². The number of carbonyl (C=O) groups is 3. The van der Waals surface area contributed by atoms with Crippen LogP contribution in [0.4, 0.5) is 0 Å². The van der Waals surface area contributed by atoms with Crippen LogP contribution in [0.2, 0.25) is 0 Å². The van der Waals surface area contributed by atoms with Crippen molar-refractivity contribution in [2.75, 3.05) is 13.2 Å². The van der Waals surface area contributed by atoms with Gasteiger partial charge in [0.15, 0.2) is 0 Å². The summed E-state index contributed by atoms with van der Waals surface area (Å²) >= 11 is 0. The van der Waals surface area contributed by atoms with Gasteiger partial charge in [0.05, 0.1) is 24.4 Å². The molecule has 1 aromatic carbocycles. The second-order valence-electron chi connectivity index (χ2n) is 12.4. The molecular weight excluding hydrogens is 484 g/mol. The van der Waals surface area contributed by atoms with Crippen molar-refractivity contribution in [1.29, 1.82) is 0 Å². The highest BCUT2D eigenvalue weighted by molar-refractivity contribution is 5.94. The average Bonchev–Trinajstić information content (AvgIpc) is 3.47. The van der Waals surface area contributed by atoms with E-state index in [1.54, 1.807) is 27.0 Å². The van der Waals surface area contributed by atoms with E-state index in [9.17, 15) is 24.6 Å². The van der Waals surface area contributed by atoms with Gasteiger partial charge in [0.2, 0.25) is 17.7 Å². The highest BCUT2D eigenvalue weighted by atomic mass is 16.3. The number of aliphatic hydroxyl groups is 2. The fourth-order valence-corrected chi connectivity index (χ4v) is 4.70. The smallest absolute Gasteiger partial charge is 0.246 e. The molecule has 3 amide bonds. The highest BCUT2D eigenvalue weighted by Gasteiger charge is 2.45. The number of aliphatic hydroxyl groups excluding tert-OH is 2. The van der Waals surface area contributed by atoms with E-state index in [2.05, 4.69) is 15.6 Å². The lowest BCUT2D eigenvalue weighted by Gasteiger charge is -2.36. The van der Waals surface area contributed by atoms with Crippen molar-refractivity contribution < 1.29 is 24.6 Å². The molecule has 3 rings (SSSR count). The molecule has 1 fully saturated rings. The van der Waals surface area contributed by atoms with Crippen LogP contribution in [0.15, 0.2) is 35.0 Å². The van der Waals surface area contributed by atoms with Crippen molar-refractivity contribution in [3.63, 3.8) is 0 Å². The van der Waals surface area contributed by atoms with Gasteiger partial charge in [0.1, 0.15) is 12.1 Å². The maximum absolute atomic E-state index is 13.7. The third-order valence-corrected chi connectivity index (χ3v) is 7.09. The number of nitrogens with zero attached hydrogens (tertiary/aromatic N) is 2. The minimum Gasteiger partial charge on any atom is -0.391 e. The van der Waals surface area contributed by atoms with E-state index in [1.165, 1.54) is 4.90 Å². The summed E-state index contributed by atoms with van der Waals surface area (Å²) in [5, 5.41) is 25.8. The van der Waals surface area contributed by atoms with Crippen molar-refractivity contribution in [3.8, 4) is 0 Å². The lowest BCUT2D eigenvalue weighted by Crippen LogP contribution is -2.59. The summed E-state index contributed by atoms with van der Waals surface area (Å²) < 4.78 is 0. The van der Waals surface area contributed by atoms with Crippen molar-refractivity contribution >= 4 is 29.5 Å². The van der Waals surface area contributed by atoms with Crippen LogP contribution in [0.25, 0.3) is 5.57 Å². The number of aliphatic imine (C=N–C) groups is 1. The molecule has 0 aliphatic carbocycles. The molecule has 0 bridgehead atoms. The van der Waals surface area contributed by atoms with E-state index >= 15 is 0 Å². The highest BCUT2D eigenvalue weighted by Crippen LogP contribution is 2.29. The Morgan fingerprint density at radius 2 is 1.71 bits per heavy atom. The van der Waals surface area contributed by atoms with Gasteiger partial charge in [0, 0.05) is 31.0 Å². The van der Waals surface area contributed by atoms with Crippen LogP contribution in [0.5, 0.6) is 0 Å². The van der Waals surface area contributed by atoms with Gasteiger partial charge in [-0.3, -0.25) is 19.4 Å². The molecule has 9 heteroatoms. The number of allylic oxidation sites excluding steroid dienone is 1. The average molecular weight is 527 g/mol. The van der Waals surface area contributed by atoms with E-state index in [-0.39, 0.29) is 43.3 Å². The maximum Gasteiger partial charge on any atom is 0.246 e. The summed E-state index contributed by atoms with van der Waals surface area (Å²) in [6.45, 7) is 12.7. The number of rotatable bonds is 7. The molecule has 1 saturated heterocycles. The second kappa shape index (κ2) is 11.4. The monoisotopic (exact) mass is 526 g/mol. The molecule has 4 N–H and O–H groups in total. The maximum atomic E-state index is 13.7. The van der Waals surface area contributed by atoms with Gasteiger partial charge in [0.25, 0.3) is 0 Å². The predicted molar refractivity (Wildman–Crippen MR) is 147 cm³/mol. The number of carbonyl (C=O) groups excluding carboxylic acids is 3. The van der Waals surface area contributed by atoms with Crippen LogP contribution >= 0.6 is 0 Å². The lowest BCUT2D eigenvalue weighted by atomic mass is 9.84. The number of hydrogen-bond acceptors (Lipinski definition) is 6. The Bertz CT molecular complexity index is 1110. The van der Waals surface area contributed by atoms with Gasteiger partial charge in [-0.25, -0.2) is 0 Å². The first-order valence-corrected chi connectivity index (χ1v) is 13.2. The van der Waals surface area contributed by atoms with Crippen LogP contribution < -0.4 is 10.6 Å². The molecule has 0 aromatic heterocycles. The molecule has 9 nitrogen and oxygen atoms in total. The number of benzene rings is 1. The van der Waals surface area contributed by atoms with E-state index < -0.39 is 29.0 Å². The fraction of sp³-hybridized carbons (Fsp3) is 0.586. The minimum atomic E-state index is -0.850. The Balaban J connectivity index is 1.73. The molecule has 2 aliphatic rings. The van der Waals surface area contributed by atoms with Crippen LogP contribution in [0, 0.1) is 10.8 Å². The van der Waals surface area contributed by atoms with Crippen molar-refractivity contribution in [2.45, 2.75) is 85.5 Å². The van der Waals surface area contributed by atoms with Gasteiger partial charge >= 0.3 is 0 Å². The molecule has 0 saturated carbocycles. The number of likely N-dealkylation sites (tertiary alicyclic amines) is 1. The summed E-state index contributed by atoms with van der Waals surface area (Å²) in [4.78, 5) is 45.4. The van der Waals surface area contributed by atoms with Gasteiger partial charge in [-0.2, -0.15) is 0 Å². The van der Waals surface area contributed by atoms with Gasteiger partial charge in [-0.15, -0.1) is 0 Å². The van der Waals surface area contributed by atoms with Crippen molar-refractivity contribution in [1.82, 2.24) is 15.5 Å². The number of nitrogens with one attached hydrogen (secondary N) is 2. The molecular formula is C29H42N4O5. The molecule has 2 aliphatic heterocycles. The van der Waals surface area contributed by atoms with Gasteiger partial charge in [-0.1, -0.05) is 65.8 Å². The zero-order chi connectivity index (χ0) is 28.4. The third kappa shape index (κ3) is 6.69. The summed E-state index contributed by atoms with van der Waals surface area (Å²) in [5.41, 5.74) is 2.21. The Labute approximate surface area is 225 Å². The molecule has 208 valence electrons. The standard InChI is InChI=1S/C29H42N4O5/c1-17(18-8-10-19(11-9-18)21-12-13-30-22(21)16-34)31-25(36)23-14-20(35)15-33(23)26(37)24(28(2,3)4)32-27(38)29(5,6)7/h8-11,13,17,20,23-24,34-35H,12,14-16H2,1-7H3,(H,31,36)(H,32,38). The summed E-state index contributed by atoms with van der Waals surface area (Å²) in [6, 6.07) is 5.70. The molecule has 1 aromatic rings. The predicted octanol–water partition coefficient (Wildman–Crippen LogP) is 2.58. The van der Waals surface area contributed by atoms with Crippen LogP contribution in [-0.2, 0) is 14.4 Å². The normalized spacial score (nSPS) is 21.4. The van der Waals surface area contributed by atoms with E-state index in [0.29, 0.717) is 12.1 Å². The molecule has 2 heterocycles. The molecule has 0 radical (unpaired) electrons. The Morgan fingerprint density at radius 3 is 2.26 bits per heavy atom. The Kier molecular flexibility index (Phi) is 8.83. The first kappa shape index (κ1) is 29.5. The first-order valence-electron chi connectivity index (χ1n) is 13.2. The summed E-state index contributed by atoms with van der Waals surface area (Å²) in [6.07, 6.45) is 1.75. The quantitative estimate of drug-likeness (QED) is 0.434. The van der Waals surface area contributed by atoms with Crippen LogP contribution in [0.1, 0.15) is 78.5 Å². The molecule has 0 spiro atoms. The largest absolute Gasteiger partial charge is 0.391 e. The van der Waals surface area contributed by atoms with Crippen molar-refractivity contribution in [2.24, 2.45) is 15.8 Å². The minimum absolute atomic E-state index is 0.0301. The zero-order valence-corrected chi connectivity index (χ0v) is 23.5. The number of β-amino-alcohol motifs (C(OH)–C–C–N with tert-alkyl or cyclic N) is 1. The van der Waals surface area contributed by atoms with Crippen molar-refractivity contribution in [3.05, 3.63) is 41.1 Å². The van der Waals surface area contributed by atoms with Gasteiger partial charge < -0.3 is 25.7 Å². The first-order chi connectivity index (χ1) is 17.6. The SMILES string of the molecule is CC(NC(=O)C1CC(O)CN1C(=O)C(NC(=O)C(C)(C)C)C(C)(C)C)c1ccc(C2=C(CO)N=CC2)cc1. The van der Waals surface area contributed by atoms with Crippen LogP contribution in [0.3, 0.4) is 0 Å². The third-order valence-electron chi connectivity index (χ3n) is 7.09. The number of hydrogen-bond donors (Lipinski definition) is 4. The molecule has 4 unspecified atom stereocenters. The topological polar surface area (TPSA) is 131 Å². The van der Waals surface area contributed by atoms with E-state index in [0.717, 1.165) is 16.7 Å². The Morgan fingerprint density at radius 1 is 1.08 bits per heavy atom. The van der Waals surface area contributed by atoms with E-state index in [4.69, 9.17) is 0 Å². The fourth-order valence-electron chi connectivity index (χ4n) is 4.70. The molecule has 38 heavy (non-hydrogen) atoms. The zero-order valence-electron chi connectivity index (χ0n) is 23.5. The Hall–Kier alpha value is -3.04. The second-order valence-corrected chi connectivity index (χ2v) is 12.4.